The van der Waals surface area contributed by atoms with Gasteiger partial charge in [0.05, 0.1) is 18.8 Å². The molecule has 1 aromatic heterocycles. The van der Waals surface area contributed by atoms with E-state index < -0.39 is 0 Å². The van der Waals surface area contributed by atoms with Gasteiger partial charge in [0.2, 0.25) is 0 Å². The van der Waals surface area contributed by atoms with Crippen LogP contribution in [0.4, 0.5) is 0 Å². The van der Waals surface area contributed by atoms with Gasteiger partial charge in [0.15, 0.2) is 0 Å². The fourth-order valence-electron chi connectivity index (χ4n) is 0.849. The summed E-state index contributed by atoms with van der Waals surface area (Å²) in [6, 6.07) is -0.296. The molecule has 0 aliphatic heterocycles. The zero-order valence-electron chi connectivity index (χ0n) is 6.57. The van der Waals surface area contributed by atoms with Crippen molar-refractivity contribution in [2.45, 2.75) is 19.5 Å². The standard InChI is InChI=1S/C7H13N3O/c1-2-10-4-6(3-9-10)7(8)5-11/h3-4,7,11H,2,5,8H2,1H3/t7-/m0/s1. The van der Waals surface area contributed by atoms with Gasteiger partial charge in [0.1, 0.15) is 0 Å². The number of aryl methyl sites for hydroxylation is 1. The van der Waals surface area contributed by atoms with Gasteiger partial charge in [0.25, 0.3) is 0 Å². The lowest BCUT2D eigenvalue weighted by molar-refractivity contribution is 0.268. The van der Waals surface area contributed by atoms with Gasteiger partial charge in [0, 0.05) is 18.3 Å². The van der Waals surface area contributed by atoms with Crippen LogP contribution in [0.1, 0.15) is 18.5 Å². The largest absolute Gasteiger partial charge is 0.394 e. The van der Waals surface area contributed by atoms with E-state index in [0.717, 1.165) is 12.1 Å². The predicted molar refractivity (Wildman–Crippen MR) is 41.9 cm³/mol. The van der Waals surface area contributed by atoms with Crippen LogP contribution in [-0.4, -0.2) is 21.5 Å². The summed E-state index contributed by atoms with van der Waals surface area (Å²) in [5, 5.41) is 12.7. The maximum atomic E-state index is 8.71. The molecule has 11 heavy (non-hydrogen) atoms. The summed E-state index contributed by atoms with van der Waals surface area (Å²) >= 11 is 0. The zero-order chi connectivity index (χ0) is 8.27. The Morgan fingerprint density at radius 1 is 1.82 bits per heavy atom. The first-order valence-electron chi connectivity index (χ1n) is 3.66. The Kier molecular flexibility index (Phi) is 2.62. The SMILES string of the molecule is CCn1cc([C@@H](N)CO)cn1. The van der Waals surface area contributed by atoms with Gasteiger partial charge in [-0.05, 0) is 6.92 Å². The number of aliphatic hydroxyl groups is 1. The van der Waals surface area contributed by atoms with Crippen LogP contribution in [-0.2, 0) is 6.54 Å². The summed E-state index contributed by atoms with van der Waals surface area (Å²) in [4.78, 5) is 0. The molecular weight excluding hydrogens is 142 g/mol. The van der Waals surface area contributed by atoms with Gasteiger partial charge in [-0.15, -0.1) is 0 Å². The molecule has 1 rings (SSSR count). The number of rotatable bonds is 3. The molecule has 62 valence electrons. The van der Waals surface area contributed by atoms with Gasteiger partial charge in [-0.3, -0.25) is 4.68 Å². The highest BCUT2D eigenvalue weighted by atomic mass is 16.3. The summed E-state index contributed by atoms with van der Waals surface area (Å²) in [5.41, 5.74) is 6.44. The molecule has 0 fully saturated rings. The van der Waals surface area contributed by atoms with Crippen molar-refractivity contribution in [2.75, 3.05) is 6.61 Å². The second-order valence-electron chi connectivity index (χ2n) is 2.42. The third-order valence-corrected chi connectivity index (χ3v) is 1.60. The Labute approximate surface area is 65.6 Å². The smallest absolute Gasteiger partial charge is 0.0625 e. The van der Waals surface area contributed by atoms with Crippen LogP contribution >= 0.6 is 0 Å². The lowest BCUT2D eigenvalue weighted by Gasteiger charge is -2.02. The van der Waals surface area contributed by atoms with E-state index in [1.54, 1.807) is 10.9 Å². The maximum absolute atomic E-state index is 8.71. The maximum Gasteiger partial charge on any atom is 0.0625 e. The lowest BCUT2D eigenvalue weighted by atomic mass is 10.2. The highest BCUT2D eigenvalue weighted by Crippen LogP contribution is 2.06. The molecule has 0 aromatic carbocycles. The number of aliphatic hydroxyl groups excluding tert-OH is 1. The topological polar surface area (TPSA) is 64.1 Å². The Hall–Kier alpha value is -0.870. The monoisotopic (exact) mass is 155 g/mol. The van der Waals surface area contributed by atoms with E-state index in [1.165, 1.54) is 0 Å². The number of hydrogen-bond acceptors (Lipinski definition) is 3. The van der Waals surface area contributed by atoms with Crippen molar-refractivity contribution in [2.24, 2.45) is 5.73 Å². The van der Waals surface area contributed by atoms with Gasteiger partial charge in [-0.1, -0.05) is 0 Å². The van der Waals surface area contributed by atoms with Crippen LogP contribution in [0.3, 0.4) is 0 Å². The number of nitrogens with two attached hydrogens (primary N) is 1. The Morgan fingerprint density at radius 2 is 2.55 bits per heavy atom. The van der Waals surface area contributed by atoms with Crippen LogP contribution in [0, 0.1) is 0 Å². The molecule has 0 aliphatic rings. The highest BCUT2D eigenvalue weighted by Gasteiger charge is 2.05. The molecule has 1 atom stereocenters. The van der Waals surface area contributed by atoms with Gasteiger partial charge in [-0.25, -0.2) is 0 Å². The molecule has 4 nitrogen and oxygen atoms in total. The third-order valence-electron chi connectivity index (χ3n) is 1.60. The van der Waals surface area contributed by atoms with Crippen LogP contribution in [0.25, 0.3) is 0 Å². The van der Waals surface area contributed by atoms with E-state index in [1.807, 2.05) is 13.1 Å². The Balaban J connectivity index is 2.71. The first-order chi connectivity index (χ1) is 5.27. The number of nitrogens with zero attached hydrogens (tertiary/aromatic N) is 2. The molecular formula is C7H13N3O. The Morgan fingerprint density at radius 3 is 3.00 bits per heavy atom. The van der Waals surface area contributed by atoms with E-state index in [0.29, 0.717) is 0 Å². The molecule has 0 saturated heterocycles. The molecule has 0 saturated carbocycles. The fraction of sp³-hybridized carbons (Fsp3) is 0.571. The molecule has 0 bridgehead atoms. The lowest BCUT2D eigenvalue weighted by Crippen LogP contribution is -2.13. The average molecular weight is 155 g/mol. The quantitative estimate of drug-likeness (QED) is 0.640. The first-order valence-corrected chi connectivity index (χ1v) is 3.66. The van der Waals surface area contributed by atoms with E-state index >= 15 is 0 Å². The van der Waals surface area contributed by atoms with Crippen molar-refractivity contribution in [1.82, 2.24) is 9.78 Å². The number of hydrogen-bond donors (Lipinski definition) is 2. The normalized spacial score (nSPS) is 13.4. The molecule has 0 aliphatic carbocycles. The third kappa shape index (κ3) is 1.78. The van der Waals surface area contributed by atoms with Crippen molar-refractivity contribution < 1.29 is 5.11 Å². The van der Waals surface area contributed by atoms with Crippen LogP contribution in [0.2, 0.25) is 0 Å². The summed E-state index contributed by atoms with van der Waals surface area (Å²) < 4.78 is 1.78. The van der Waals surface area contributed by atoms with E-state index in [-0.39, 0.29) is 12.6 Å². The summed E-state index contributed by atoms with van der Waals surface area (Å²) in [7, 11) is 0. The molecule has 0 amide bonds. The minimum absolute atomic E-state index is 0.0323. The summed E-state index contributed by atoms with van der Waals surface area (Å²) in [5.74, 6) is 0. The minimum Gasteiger partial charge on any atom is -0.394 e. The molecule has 3 N–H and O–H groups in total. The van der Waals surface area contributed by atoms with Crippen LogP contribution < -0.4 is 5.73 Å². The second kappa shape index (κ2) is 3.50. The second-order valence-corrected chi connectivity index (χ2v) is 2.42. The zero-order valence-corrected chi connectivity index (χ0v) is 6.57. The predicted octanol–water partition coefficient (Wildman–Crippen LogP) is -0.105. The molecule has 1 heterocycles. The van der Waals surface area contributed by atoms with Gasteiger partial charge < -0.3 is 10.8 Å². The van der Waals surface area contributed by atoms with Crippen LogP contribution in [0.15, 0.2) is 12.4 Å². The van der Waals surface area contributed by atoms with E-state index in [4.69, 9.17) is 10.8 Å². The summed E-state index contributed by atoms with van der Waals surface area (Å²) in [6.07, 6.45) is 3.53. The molecule has 1 aromatic rings. The van der Waals surface area contributed by atoms with E-state index in [2.05, 4.69) is 5.10 Å². The Bertz CT molecular complexity index is 221. The summed E-state index contributed by atoms with van der Waals surface area (Å²) in [6.45, 7) is 2.80. The molecule has 0 unspecified atom stereocenters. The van der Waals surface area contributed by atoms with Crippen molar-refractivity contribution in [3.8, 4) is 0 Å². The van der Waals surface area contributed by atoms with Crippen molar-refractivity contribution >= 4 is 0 Å². The van der Waals surface area contributed by atoms with Gasteiger partial charge >= 0.3 is 0 Å². The van der Waals surface area contributed by atoms with Crippen molar-refractivity contribution in [3.63, 3.8) is 0 Å². The number of aromatic nitrogens is 2. The molecule has 4 heteroatoms. The fourth-order valence-corrected chi connectivity index (χ4v) is 0.849. The van der Waals surface area contributed by atoms with Crippen molar-refractivity contribution in [1.29, 1.82) is 0 Å². The van der Waals surface area contributed by atoms with Crippen molar-refractivity contribution in [3.05, 3.63) is 18.0 Å². The van der Waals surface area contributed by atoms with E-state index in [9.17, 15) is 0 Å². The first kappa shape index (κ1) is 8.23. The van der Waals surface area contributed by atoms with Gasteiger partial charge in [-0.2, -0.15) is 5.10 Å². The minimum atomic E-state index is -0.296. The molecule has 0 radical (unpaired) electrons. The highest BCUT2D eigenvalue weighted by molar-refractivity contribution is 5.09. The molecule has 0 spiro atoms. The van der Waals surface area contributed by atoms with Crippen LogP contribution in [0.5, 0.6) is 0 Å². The average Bonchev–Trinajstić information content (AvgIpc) is 2.50.